The molecule has 0 radical (unpaired) electrons. The van der Waals surface area contributed by atoms with E-state index in [-0.39, 0.29) is 24.1 Å². The normalized spacial score (nSPS) is 13.4. The summed E-state index contributed by atoms with van der Waals surface area (Å²) in [6, 6.07) is 15.0. The van der Waals surface area contributed by atoms with E-state index in [4.69, 9.17) is 9.47 Å². The number of hydrogen-bond donors (Lipinski definition) is 1. The maximum Gasteiger partial charge on any atom is 0.276 e. The van der Waals surface area contributed by atoms with Gasteiger partial charge in [-0.05, 0) is 43.3 Å². The van der Waals surface area contributed by atoms with Crippen LogP contribution in [0.3, 0.4) is 0 Å². The second-order valence-electron chi connectivity index (χ2n) is 7.99. The fourth-order valence-electron chi connectivity index (χ4n) is 3.76. The van der Waals surface area contributed by atoms with Gasteiger partial charge in [0, 0.05) is 37.6 Å². The highest BCUT2D eigenvalue weighted by Gasteiger charge is 2.22. The minimum absolute atomic E-state index is 0.116. The summed E-state index contributed by atoms with van der Waals surface area (Å²) in [5, 5.41) is 11.0. The summed E-state index contributed by atoms with van der Waals surface area (Å²) in [6.45, 7) is 4.77. The standard InChI is InChI=1S/C24H28N6O4/c1-17-23(26-27-30(17)20-5-4-6-21(15-20)33-3)24(32)28(2)16-22(31)25-18-7-9-19(10-8-18)29-11-13-34-14-12-29/h4-10,15H,11-14,16H2,1-3H3,(H,25,31). The lowest BCUT2D eigenvalue weighted by Gasteiger charge is -2.28. The van der Waals surface area contributed by atoms with Crippen molar-refractivity contribution in [2.45, 2.75) is 6.92 Å². The van der Waals surface area contributed by atoms with Crippen LogP contribution in [0.15, 0.2) is 48.5 Å². The van der Waals surface area contributed by atoms with E-state index in [0.717, 1.165) is 24.5 Å². The molecule has 0 unspecified atom stereocenters. The fraction of sp³-hybridized carbons (Fsp3) is 0.333. The number of nitrogens with zero attached hydrogens (tertiary/aromatic N) is 5. The van der Waals surface area contributed by atoms with Crippen molar-refractivity contribution < 1.29 is 19.1 Å². The van der Waals surface area contributed by atoms with Crippen LogP contribution >= 0.6 is 0 Å². The molecule has 10 nitrogen and oxygen atoms in total. The molecule has 1 aliphatic heterocycles. The summed E-state index contributed by atoms with van der Waals surface area (Å²) < 4.78 is 12.2. The van der Waals surface area contributed by atoms with Crippen molar-refractivity contribution >= 4 is 23.2 Å². The Kier molecular flexibility index (Phi) is 7.07. The van der Waals surface area contributed by atoms with E-state index >= 15 is 0 Å². The van der Waals surface area contributed by atoms with Crippen molar-refractivity contribution in [3.05, 3.63) is 59.9 Å². The van der Waals surface area contributed by atoms with Crippen molar-refractivity contribution in [3.8, 4) is 11.4 Å². The number of benzene rings is 2. The highest BCUT2D eigenvalue weighted by molar-refractivity contribution is 5.98. The number of aromatic nitrogens is 3. The van der Waals surface area contributed by atoms with Crippen LogP contribution in [0.5, 0.6) is 5.75 Å². The number of ether oxygens (including phenoxy) is 2. The Labute approximate surface area is 198 Å². The van der Waals surface area contributed by atoms with E-state index in [1.165, 1.54) is 4.90 Å². The van der Waals surface area contributed by atoms with Crippen molar-refractivity contribution in [2.24, 2.45) is 0 Å². The van der Waals surface area contributed by atoms with Gasteiger partial charge >= 0.3 is 0 Å². The zero-order valence-electron chi connectivity index (χ0n) is 19.5. The van der Waals surface area contributed by atoms with E-state index in [1.54, 1.807) is 31.8 Å². The zero-order chi connectivity index (χ0) is 24.1. The minimum atomic E-state index is -0.385. The number of rotatable bonds is 7. The molecule has 0 saturated carbocycles. The average Bonchev–Trinajstić information content (AvgIpc) is 3.25. The smallest absolute Gasteiger partial charge is 0.276 e. The molecule has 178 valence electrons. The molecule has 1 fully saturated rings. The van der Waals surface area contributed by atoms with Crippen LogP contribution < -0.4 is 15.0 Å². The highest BCUT2D eigenvalue weighted by Crippen LogP contribution is 2.20. The summed E-state index contributed by atoms with van der Waals surface area (Å²) in [4.78, 5) is 29.0. The average molecular weight is 465 g/mol. The predicted octanol–water partition coefficient (Wildman–Crippen LogP) is 2.13. The molecule has 1 aliphatic rings. The Hall–Kier alpha value is -3.92. The van der Waals surface area contributed by atoms with Gasteiger partial charge < -0.3 is 24.6 Å². The number of nitrogens with one attached hydrogen (secondary N) is 1. The second kappa shape index (κ2) is 10.3. The first-order valence-electron chi connectivity index (χ1n) is 11.0. The van der Waals surface area contributed by atoms with Gasteiger partial charge in [0.1, 0.15) is 5.75 Å². The molecule has 1 aromatic heterocycles. The lowest BCUT2D eigenvalue weighted by molar-refractivity contribution is -0.116. The van der Waals surface area contributed by atoms with Crippen molar-refractivity contribution in [2.75, 3.05) is 57.2 Å². The molecule has 2 aromatic carbocycles. The lowest BCUT2D eigenvalue weighted by Crippen LogP contribution is -2.36. The molecule has 0 spiro atoms. The van der Waals surface area contributed by atoms with Gasteiger partial charge in [-0.2, -0.15) is 0 Å². The van der Waals surface area contributed by atoms with Gasteiger partial charge in [0.15, 0.2) is 5.69 Å². The van der Waals surface area contributed by atoms with Gasteiger partial charge in [-0.1, -0.05) is 11.3 Å². The topological polar surface area (TPSA) is 102 Å². The molecule has 0 bridgehead atoms. The Morgan fingerprint density at radius 2 is 1.85 bits per heavy atom. The van der Waals surface area contributed by atoms with Gasteiger partial charge in [0.2, 0.25) is 5.91 Å². The number of carbonyl (C=O) groups excluding carboxylic acids is 2. The van der Waals surface area contributed by atoms with E-state index in [9.17, 15) is 9.59 Å². The molecule has 0 atom stereocenters. The monoisotopic (exact) mass is 464 g/mol. The first kappa shape index (κ1) is 23.2. The third kappa shape index (κ3) is 5.18. The summed E-state index contributed by atoms with van der Waals surface area (Å²) in [5.74, 6) is -0.00989. The highest BCUT2D eigenvalue weighted by atomic mass is 16.5. The number of amides is 2. The number of hydrogen-bond acceptors (Lipinski definition) is 7. The van der Waals surface area contributed by atoms with E-state index in [2.05, 4.69) is 20.5 Å². The summed E-state index contributed by atoms with van der Waals surface area (Å²) in [6.07, 6.45) is 0. The van der Waals surface area contributed by atoms with Crippen LogP contribution in [0.4, 0.5) is 11.4 Å². The van der Waals surface area contributed by atoms with Crippen molar-refractivity contribution in [1.29, 1.82) is 0 Å². The second-order valence-corrected chi connectivity index (χ2v) is 7.99. The third-order valence-corrected chi connectivity index (χ3v) is 5.65. The minimum Gasteiger partial charge on any atom is -0.497 e. The molecule has 1 saturated heterocycles. The van der Waals surface area contributed by atoms with Crippen LogP contribution in [0, 0.1) is 6.92 Å². The number of morpholine rings is 1. The van der Waals surface area contributed by atoms with Gasteiger partial charge in [-0.15, -0.1) is 5.10 Å². The quantitative estimate of drug-likeness (QED) is 0.572. The van der Waals surface area contributed by atoms with E-state index in [0.29, 0.717) is 30.3 Å². The molecule has 0 aliphatic carbocycles. The van der Waals surface area contributed by atoms with Gasteiger partial charge in [0.05, 0.1) is 38.2 Å². The Balaban J connectivity index is 1.37. The first-order valence-corrected chi connectivity index (χ1v) is 11.0. The van der Waals surface area contributed by atoms with Crippen LogP contribution in [-0.2, 0) is 9.53 Å². The maximum atomic E-state index is 12.9. The third-order valence-electron chi connectivity index (χ3n) is 5.65. The SMILES string of the molecule is COc1cccc(-n2nnc(C(=O)N(C)CC(=O)Nc3ccc(N4CCOCC4)cc3)c2C)c1. The van der Waals surface area contributed by atoms with Crippen LogP contribution in [0.25, 0.3) is 5.69 Å². The molecule has 34 heavy (non-hydrogen) atoms. The lowest BCUT2D eigenvalue weighted by atomic mass is 10.2. The maximum absolute atomic E-state index is 12.9. The predicted molar refractivity (Wildman–Crippen MR) is 128 cm³/mol. The number of anilines is 2. The van der Waals surface area contributed by atoms with Crippen LogP contribution in [-0.4, -0.2) is 78.7 Å². The first-order chi connectivity index (χ1) is 16.5. The summed E-state index contributed by atoms with van der Waals surface area (Å²) in [7, 11) is 3.15. The van der Waals surface area contributed by atoms with Crippen molar-refractivity contribution in [3.63, 3.8) is 0 Å². The largest absolute Gasteiger partial charge is 0.497 e. The Morgan fingerprint density at radius 1 is 1.12 bits per heavy atom. The molecular formula is C24H28N6O4. The Bertz CT molecular complexity index is 1150. The molecule has 3 aromatic rings. The van der Waals surface area contributed by atoms with E-state index in [1.807, 2.05) is 42.5 Å². The van der Waals surface area contributed by atoms with Crippen LogP contribution in [0.2, 0.25) is 0 Å². The summed E-state index contributed by atoms with van der Waals surface area (Å²) in [5.41, 5.74) is 3.24. The molecule has 2 heterocycles. The van der Waals surface area contributed by atoms with E-state index < -0.39 is 0 Å². The van der Waals surface area contributed by atoms with Crippen molar-refractivity contribution in [1.82, 2.24) is 19.9 Å². The van der Waals surface area contributed by atoms with Crippen LogP contribution in [0.1, 0.15) is 16.2 Å². The summed E-state index contributed by atoms with van der Waals surface area (Å²) >= 11 is 0. The fourth-order valence-corrected chi connectivity index (χ4v) is 3.76. The molecular weight excluding hydrogens is 436 g/mol. The molecule has 2 amide bonds. The van der Waals surface area contributed by atoms with Gasteiger partial charge in [-0.3, -0.25) is 9.59 Å². The number of methoxy groups -OCH3 is 1. The number of carbonyl (C=O) groups is 2. The van der Waals surface area contributed by atoms with Gasteiger partial charge in [0.25, 0.3) is 5.91 Å². The molecule has 1 N–H and O–H groups in total. The molecule has 10 heteroatoms. The molecule has 4 rings (SSSR count). The number of likely N-dealkylation sites (N-methyl/N-ethyl adjacent to an activating group) is 1. The Morgan fingerprint density at radius 3 is 2.56 bits per heavy atom. The zero-order valence-corrected chi connectivity index (χ0v) is 19.5. The van der Waals surface area contributed by atoms with Gasteiger partial charge in [-0.25, -0.2) is 4.68 Å².